The zero-order valence-electron chi connectivity index (χ0n) is 18.2. The van der Waals surface area contributed by atoms with Crippen molar-refractivity contribution in [2.24, 2.45) is 0 Å². The summed E-state index contributed by atoms with van der Waals surface area (Å²) in [4.78, 5) is 42.9. The van der Waals surface area contributed by atoms with Gasteiger partial charge in [-0.15, -0.1) is 0 Å². The molecule has 1 fully saturated rings. The van der Waals surface area contributed by atoms with Crippen LogP contribution in [0.2, 0.25) is 0 Å². The van der Waals surface area contributed by atoms with Crippen LogP contribution in [-0.4, -0.2) is 36.3 Å². The second kappa shape index (κ2) is 8.85. The maximum Gasteiger partial charge on any atom is 0.337 e. The first-order chi connectivity index (χ1) is 16.8. The van der Waals surface area contributed by atoms with Crippen LogP contribution in [0.1, 0.15) is 42.2 Å². The molecule has 1 aliphatic carbocycles. The molecule has 0 aliphatic heterocycles. The van der Waals surface area contributed by atoms with Gasteiger partial charge in [0.05, 0.1) is 17.3 Å². The number of aromatic amines is 1. The van der Waals surface area contributed by atoms with Crippen molar-refractivity contribution >= 4 is 16.9 Å². The first kappa shape index (κ1) is 22.6. The summed E-state index contributed by atoms with van der Waals surface area (Å²) in [7, 11) is 0. The Balaban J connectivity index is 1.52. The third-order valence-corrected chi connectivity index (χ3v) is 6.18. The van der Waals surface area contributed by atoms with Gasteiger partial charge in [0, 0.05) is 24.3 Å². The molecule has 1 aliphatic rings. The Labute approximate surface area is 195 Å². The molecule has 12 heteroatoms. The van der Waals surface area contributed by atoms with E-state index in [-0.39, 0.29) is 34.4 Å². The van der Waals surface area contributed by atoms with Gasteiger partial charge in [0.2, 0.25) is 0 Å². The van der Waals surface area contributed by atoms with Crippen LogP contribution < -0.4 is 16.6 Å². The molecular formula is C23H19F3N6O3. The molecule has 1 saturated carbocycles. The SMILES string of the molecule is O=C(N[C@H]1CC[C@@H](n2c(=O)c3cc(F)cnc3n(-c3ccc(F)c(F)c3)c2=O)CC1)c1cc[nH]n1. The van der Waals surface area contributed by atoms with Crippen molar-refractivity contribution in [2.75, 3.05) is 0 Å². The van der Waals surface area contributed by atoms with Crippen LogP contribution in [0.25, 0.3) is 16.7 Å². The molecule has 3 heterocycles. The monoisotopic (exact) mass is 484 g/mol. The topological polar surface area (TPSA) is 115 Å². The molecule has 1 amide bonds. The number of amides is 1. The van der Waals surface area contributed by atoms with E-state index in [0.29, 0.717) is 25.7 Å². The Morgan fingerprint density at radius 2 is 1.80 bits per heavy atom. The molecule has 180 valence electrons. The van der Waals surface area contributed by atoms with Gasteiger partial charge in [0.15, 0.2) is 17.3 Å². The highest BCUT2D eigenvalue weighted by Gasteiger charge is 2.28. The molecule has 3 aromatic heterocycles. The van der Waals surface area contributed by atoms with Gasteiger partial charge >= 0.3 is 5.69 Å². The number of halogens is 3. The molecule has 0 unspecified atom stereocenters. The molecular weight excluding hydrogens is 465 g/mol. The summed E-state index contributed by atoms with van der Waals surface area (Å²) in [6.07, 6.45) is 4.11. The lowest BCUT2D eigenvalue weighted by atomic mass is 9.90. The van der Waals surface area contributed by atoms with Crippen molar-refractivity contribution in [3.8, 4) is 5.69 Å². The lowest BCUT2D eigenvalue weighted by Crippen LogP contribution is -2.45. The zero-order valence-corrected chi connectivity index (χ0v) is 18.2. The number of hydrogen-bond acceptors (Lipinski definition) is 5. The van der Waals surface area contributed by atoms with E-state index in [2.05, 4.69) is 20.5 Å². The molecule has 4 aromatic rings. The highest BCUT2D eigenvalue weighted by Crippen LogP contribution is 2.27. The van der Waals surface area contributed by atoms with E-state index in [0.717, 1.165) is 33.5 Å². The van der Waals surface area contributed by atoms with Gasteiger partial charge in [-0.2, -0.15) is 5.10 Å². The lowest BCUT2D eigenvalue weighted by molar-refractivity contribution is 0.0917. The minimum atomic E-state index is -1.18. The molecule has 0 spiro atoms. The standard InChI is InChI=1S/C23H19F3N6O3/c24-12-9-16-20(27-11-12)31(15-5-6-17(25)18(26)10-15)23(35)32(22(16)34)14-3-1-13(2-4-14)29-21(33)19-7-8-28-30-19/h5-11,13-14H,1-4H2,(H,28,30)(H,29,33)/t13-,14+. The van der Waals surface area contributed by atoms with Gasteiger partial charge in [-0.1, -0.05) is 0 Å². The maximum absolute atomic E-state index is 14.0. The molecule has 0 saturated heterocycles. The van der Waals surface area contributed by atoms with E-state index in [4.69, 9.17) is 0 Å². The number of carbonyl (C=O) groups is 1. The molecule has 1 aromatic carbocycles. The zero-order chi connectivity index (χ0) is 24.7. The van der Waals surface area contributed by atoms with Crippen LogP contribution in [-0.2, 0) is 0 Å². The highest BCUT2D eigenvalue weighted by molar-refractivity contribution is 5.92. The molecule has 0 atom stereocenters. The average molecular weight is 484 g/mol. The molecule has 5 rings (SSSR count). The first-order valence-electron chi connectivity index (χ1n) is 10.9. The number of H-pyrrole nitrogens is 1. The molecule has 0 bridgehead atoms. The number of nitrogens with one attached hydrogen (secondary N) is 2. The molecule has 0 radical (unpaired) electrons. The average Bonchev–Trinajstić information content (AvgIpc) is 3.38. The Hall–Kier alpha value is -4.22. The van der Waals surface area contributed by atoms with Crippen molar-refractivity contribution in [1.29, 1.82) is 0 Å². The second-order valence-electron chi connectivity index (χ2n) is 8.35. The van der Waals surface area contributed by atoms with Crippen LogP contribution in [0.4, 0.5) is 13.2 Å². The number of aromatic nitrogens is 5. The fourth-order valence-electron chi connectivity index (χ4n) is 4.49. The number of carbonyl (C=O) groups excluding carboxylic acids is 1. The number of pyridine rings is 1. The van der Waals surface area contributed by atoms with Gasteiger partial charge in [-0.05, 0) is 49.9 Å². The highest BCUT2D eigenvalue weighted by atomic mass is 19.2. The van der Waals surface area contributed by atoms with Crippen molar-refractivity contribution in [1.82, 2.24) is 29.6 Å². The summed E-state index contributed by atoms with van der Waals surface area (Å²) in [6, 6.07) is 4.64. The Morgan fingerprint density at radius 1 is 1.03 bits per heavy atom. The molecule has 35 heavy (non-hydrogen) atoms. The number of fused-ring (bicyclic) bond motifs is 1. The van der Waals surface area contributed by atoms with Crippen molar-refractivity contribution in [2.45, 2.75) is 37.8 Å². The predicted molar refractivity (Wildman–Crippen MR) is 119 cm³/mol. The van der Waals surface area contributed by atoms with E-state index in [1.807, 2.05) is 0 Å². The van der Waals surface area contributed by atoms with Crippen LogP contribution in [0.15, 0.2) is 52.3 Å². The Bertz CT molecular complexity index is 1540. The van der Waals surface area contributed by atoms with Crippen molar-refractivity contribution < 1.29 is 18.0 Å². The predicted octanol–water partition coefficient (Wildman–Crippen LogP) is 2.60. The number of nitrogens with zero attached hydrogens (tertiary/aromatic N) is 4. The summed E-state index contributed by atoms with van der Waals surface area (Å²) in [6.45, 7) is 0. The Morgan fingerprint density at radius 3 is 2.49 bits per heavy atom. The largest absolute Gasteiger partial charge is 0.348 e. The minimum Gasteiger partial charge on any atom is -0.348 e. The van der Waals surface area contributed by atoms with E-state index in [1.165, 1.54) is 12.3 Å². The van der Waals surface area contributed by atoms with Gasteiger partial charge in [0.1, 0.15) is 11.5 Å². The van der Waals surface area contributed by atoms with Crippen LogP contribution in [0.3, 0.4) is 0 Å². The molecule has 2 N–H and O–H groups in total. The minimum absolute atomic E-state index is 0.0493. The quantitative estimate of drug-likeness (QED) is 0.462. The first-order valence-corrected chi connectivity index (χ1v) is 10.9. The maximum atomic E-state index is 14.0. The molecule has 9 nitrogen and oxygen atoms in total. The van der Waals surface area contributed by atoms with Crippen LogP contribution >= 0.6 is 0 Å². The van der Waals surface area contributed by atoms with Crippen molar-refractivity contribution in [3.63, 3.8) is 0 Å². The van der Waals surface area contributed by atoms with Gasteiger partial charge in [-0.3, -0.25) is 19.3 Å². The second-order valence-corrected chi connectivity index (χ2v) is 8.35. The van der Waals surface area contributed by atoms with Gasteiger partial charge < -0.3 is 5.32 Å². The fourth-order valence-corrected chi connectivity index (χ4v) is 4.49. The smallest absolute Gasteiger partial charge is 0.337 e. The van der Waals surface area contributed by atoms with E-state index in [9.17, 15) is 27.6 Å². The summed E-state index contributed by atoms with van der Waals surface area (Å²) in [5.74, 6) is -3.40. The fraction of sp³-hybridized carbons (Fsp3) is 0.261. The third-order valence-electron chi connectivity index (χ3n) is 6.18. The summed E-state index contributed by atoms with van der Waals surface area (Å²) in [5.41, 5.74) is -1.48. The van der Waals surface area contributed by atoms with E-state index >= 15 is 0 Å². The summed E-state index contributed by atoms with van der Waals surface area (Å²) in [5, 5.41) is 9.13. The van der Waals surface area contributed by atoms with E-state index < -0.39 is 34.7 Å². The van der Waals surface area contributed by atoms with Crippen molar-refractivity contribution in [3.05, 3.63) is 86.7 Å². The lowest BCUT2D eigenvalue weighted by Gasteiger charge is -2.30. The van der Waals surface area contributed by atoms with E-state index in [1.54, 1.807) is 6.07 Å². The number of rotatable bonds is 4. The third kappa shape index (κ3) is 4.11. The van der Waals surface area contributed by atoms with Crippen LogP contribution in [0.5, 0.6) is 0 Å². The summed E-state index contributed by atoms with van der Waals surface area (Å²) < 4.78 is 43.4. The van der Waals surface area contributed by atoms with Gasteiger partial charge in [0.25, 0.3) is 11.5 Å². The number of hydrogen-bond donors (Lipinski definition) is 2. The number of benzene rings is 1. The summed E-state index contributed by atoms with van der Waals surface area (Å²) >= 11 is 0. The Kier molecular flexibility index (Phi) is 5.71. The van der Waals surface area contributed by atoms with Crippen LogP contribution in [0, 0.1) is 17.5 Å². The normalized spacial score (nSPS) is 18.0. The van der Waals surface area contributed by atoms with Gasteiger partial charge in [-0.25, -0.2) is 27.5 Å².